The number of rotatable bonds is 4. The Morgan fingerprint density at radius 2 is 2.05 bits per heavy atom. The van der Waals surface area contributed by atoms with Crippen molar-refractivity contribution in [3.8, 4) is 5.69 Å². The third-order valence-corrected chi connectivity index (χ3v) is 3.65. The second-order valence-electron chi connectivity index (χ2n) is 4.82. The first kappa shape index (κ1) is 13.6. The molecule has 3 rings (SSSR count). The Bertz CT molecular complexity index is 721. The van der Waals surface area contributed by atoms with Gasteiger partial charge in [0.25, 0.3) is 0 Å². The Hall–Kier alpha value is -2.33. The number of aryl methyl sites for hydroxylation is 1. The molecule has 0 aliphatic rings. The van der Waals surface area contributed by atoms with Crippen LogP contribution in [0.5, 0.6) is 0 Å². The van der Waals surface area contributed by atoms with Gasteiger partial charge < -0.3 is 9.88 Å². The molecule has 1 N–H and O–H groups in total. The zero-order chi connectivity index (χ0) is 14.7. The van der Waals surface area contributed by atoms with Gasteiger partial charge in [-0.25, -0.2) is 9.97 Å². The van der Waals surface area contributed by atoms with Crippen molar-refractivity contribution in [2.75, 3.05) is 5.32 Å². The summed E-state index contributed by atoms with van der Waals surface area (Å²) >= 11 is 5.92. The minimum atomic E-state index is 0.547. The highest BCUT2D eigenvalue weighted by Gasteiger charge is 2.00. The predicted molar refractivity (Wildman–Crippen MR) is 84.9 cm³/mol. The van der Waals surface area contributed by atoms with Gasteiger partial charge in [-0.05, 0) is 36.2 Å². The molecule has 3 aromatic rings. The Morgan fingerprint density at radius 1 is 1.24 bits per heavy atom. The molecule has 0 aliphatic carbocycles. The number of anilines is 1. The summed E-state index contributed by atoms with van der Waals surface area (Å²) < 4.78 is 1.98. The Kier molecular flexibility index (Phi) is 3.88. The molecule has 0 saturated heterocycles. The molecule has 0 amide bonds. The van der Waals surface area contributed by atoms with Gasteiger partial charge in [0.1, 0.15) is 5.15 Å². The van der Waals surface area contributed by atoms with Crippen molar-refractivity contribution < 1.29 is 0 Å². The van der Waals surface area contributed by atoms with Crippen molar-refractivity contribution in [2.24, 2.45) is 0 Å². The van der Waals surface area contributed by atoms with Gasteiger partial charge in [-0.2, -0.15) is 0 Å². The molecule has 0 spiro atoms. The molecule has 1 aromatic carbocycles. The van der Waals surface area contributed by atoms with Gasteiger partial charge in [0.2, 0.25) is 0 Å². The summed E-state index contributed by atoms with van der Waals surface area (Å²) in [5, 5.41) is 3.89. The number of imidazole rings is 1. The average Bonchev–Trinajstić information content (AvgIpc) is 3.03. The molecule has 106 valence electrons. The number of hydrogen-bond donors (Lipinski definition) is 1. The van der Waals surface area contributed by atoms with Crippen molar-refractivity contribution in [3.63, 3.8) is 0 Å². The van der Waals surface area contributed by atoms with Crippen molar-refractivity contribution in [2.45, 2.75) is 13.5 Å². The van der Waals surface area contributed by atoms with Crippen LogP contribution in [0.15, 0.2) is 55.2 Å². The molecule has 0 atom stereocenters. The van der Waals surface area contributed by atoms with Crippen LogP contribution in [0.4, 0.5) is 5.69 Å². The molecule has 0 aliphatic heterocycles. The Labute approximate surface area is 128 Å². The first-order valence-electron chi connectivity index (χ1n) is 6.66. The molecule has 4 nitrogen and oxygen atoms in total. The van der Waals surface area contributed by atoms with E-state index in [2.05, 4.69) is 39.6 Å². The van der Waals surface area contributed by atoms with Gasteiger partial charge in [-0.3, -0.25) is 0 Å². The van der Waals surface area contributed by atoms with Crippen LogP contribution in [-0.2, 0) is 6.54 Å². The molecular formula is C16H15ClN4. The van der Waals surface area contributed by atoms with Crippen LogP contribution >= 0.6 is 11.6 Å². The third kappa shape index (κ3) is 3.23. The number of nitrogens with one attached hydrogen (secondary N) is 1. The van der Waals surface area contributed by atoms with Gasteiger partial charge in [-0.1, -0.05) is 23.7 Å². The van der Waals surface area contributed by atoms with Crippen LogP contribution in [0.2, 0.25) is 5.15 Å². The van der Waals surface area contributed by atoms with E-state index in [1.165, 1.54) is 5.56 Å². The molecule has 21 heavy (non-hydrogen) atoms. The van der Waals surface area contributed by atoms with Crippen LogP contribution in [-0.4, -0.2) is 14.5 Å². The molecule has 0 fully saturated rings. The maximum Gasteiger partial charge on any atom is 0.132 e. The average molecular weight is 299 g/mol. The number of halogens is 1. The fourth-order valence-corrected chi connectivity index (χ4v) is 2.16. The van der Waals surface area contributed by atoms with E-state index >= 15 is 0 Å². The number of nitrogens with zero attached hydrogens (tertiary/aromatic N) is 3. The zero-order valence-corrected chi connectivity index (χ0v) is 12.4. The Morgan fingerprint density at radius 3 is 2.71 bits per heavy atom. The lowest BCUT2D eigenvalue weighted by atomic mass is 10.2. The zero-order valence-electron chi connectivity index (χ0n) is 11.6. The van der Waals surface area contributed by atoms with Crippen LogP contribution in [0.1, 0.15) is 11.1 Å². The normalized spacial score (nSPS) is 10.6. The first-order valence-corrected chi connectivity index (χ1v) is 7.03. The van der Waals surface area contributed by atoms with E-state index in [1.807, 2.05) is 23.8 Å². The van der Waals surface area contributed by atoms with Crippen molar-refractivity contribution in [3.05, 3.63) is 71.5 Å². The fourth-order valence-electron chi connectivity index (χ4n) is 2.06. The lowest BCUT2D eigenvalue weighted by Gasteiger charge is -2.08. The Balaban J connectivity index is 1.66. The van der Waals surface area contributed by atoms with Gasteiger partial charge in [0.15, 0.2) is 0 Å². The molecule has 5 heteroatoms. The van der Waals surface area contributed by atoms with E-state index < -0.39 is 0 Å². The van der Waals surface area contributed by atoms with Gasteiger partial charge in [-0.15, -0.1) is 0 Å². The summed E-state index contributed by atoms with van der Waals surface area (Å²) in [6.45, 7) is 2.69. The van der Waals surface area contributed by atoms with E-state index in [9.17, 15) is 0 Å². The summed E-state index contributed by atoms with van der Waals surface area (Å²) in [5.41, 5.74) is 4.24. The summed E-state index contributed by atoms with van der Waals surface area (Å²) in [5.74, 6) is 0. The van der Waals surface area contributed by atoms with Crippen molar-refractivity contribution >= 4 is 17.3 Å². The minimum absolute atomic E-state index is 0.547. The number of benzene rings is 1. The first-order chi connectivity index (χ1) is 10.2. The maximum atomic E-state index is 5.92. The van der Waals surface area contributed by atoms with Crippen LogP contribution < -0.4 is 5.32 Å². The largest absolute Gasteiger partial charge is 0.380 e. The standard InChI is InChI=1S/C16H15ClN4/c1-12-8-14(10-20-16(12)17)19-9-13-2-4-15(5-3-13)21-7-6-18-11-21/h2-8,10-11,19H,9H2,1H3. The number of aromatic nitrogens is 3. The molecule has 0 radical (unpaired) electrons. The highest BCUT2D eigenvalue weighted by molar-refractivity contribution is 6.30. The maximum absolute atomic E-state index is 5.92. The van der Waals surface area contributed by atoms with E-state index in [0.717, 1.165) is 23.5 Å². The van der Waals surface area contributed by atoms with Gasteiger partial charge >= 0.3 is 0 Å². The van der Waals surface area contributed by atoms with Crippen molar-refractivity contribution in [1.29, 1.82) is 0 Å². The lowest BCUT2D eigenvalue weighted by Crippen LogP contribution is -2.01. The smallest absolute Gasteiger partial charge is 0.132 e. The van der Waals surface area contributed by atoms with Crippen LogP contribution in [0.3, 0.4) is 0 Å². The second-order valence-corrected chi connectivity index (χ2v) is 5.18. The summed E-state index contributed by atoms with van der Waals surface area (Å²) in [6, 6.07) is 10.3. The molecular weight excluding hydrogens is 284 g/mol. The molecule has 2 aromatic heterocycles. The van der Waals surface area contributed by atoms with E-state index in [-0.39, 0.29) is 0 Å². The quantitative estimate of drug-likeness (QED) is 0.744. The van der Waals surface area contributed by atoms with Crippen LogP contribution in [0, 0.1) is 6.92 Å². The number of pyridine rings is 1. The fraction of sp³-hybridized carbons (Fsp3) is 0.125. The predicted octanol–water partition coefficient (Wildman–Crippen LogP) is 3.84. The van der Waals surface area contributed by atoms with Gasteiger partial charge in [0, 0.05) is 24.6 Å². The molecule has 0 unspecified atom stereocenters. The van der Waals surface area contributed by atoms with Gasteiger partial charge in [0.05, 0.1) is 18.2 Å². The molecule has 0 bridgehead atoms. The van der Waals surface area contributed by atoms with E-state index in [4.69, 9.17) is 11.6 Å². The topological polar surface area (TPSA) is 42.7 Å². The second kappa shape index (κ2) is 5.97. The summed E-state index contributed by atoms with van der Waals surface area (Å²) in [7, 11) is 0. The minimum Gasteiger partial charge on any atom is -0.380 e. The summed E-state index contributed by atoms with van der Waals surface area (Å²) in [4.78, 5) is 8.18. The highest BCUT2D eigenvalue weighted by Crippen LogP contribution is 2.17. The van der Waals surface area contributed by atoms with E-state index in [0.29, 0.717) is 5.15 Å². The van der Waals surface area contributed by atoms with Crippen LogP contribution in [0.25, 0.3) is 5.69 Å². The monoisotopic (exact) mass is 298 g/mol. The van der Waals surface area contributed by atoms with Crippen molar-refractivity contribution in [1.82, 2.24) is 14.5 Å². The molecule has 0 saturated carbocycles. The number of hydrogen-bond acceptors (Lipinski definition) is 3. The third-order valence-electron chi connectivity index (χ3n) is 3.25. The molecule has 2 heterocycles. The SMILES string of the molecule is Cc1cc(NCc2ccc(-n3ccnc3)cc2)cnc1Cl. The lowest BCUT2D eigenvalue weighted by molar-refractivity contribution is 1.05. The summed E-state index contributed by atoms with van der Waals surface area (Å²) in [6.07, 6.45) is 7.23. The van der Waals surface area contributed by atoms with E-state index in [1.54, 1.807) is 18.7 Å². The highest BCUT2D eigenvalue weighted by atomic mass is 35.5.